The molecule has 0 spiro atoms. The van der Waals surface area contributed by atoms with Gasteiger partial charge in [-0.1, -0.05) is 18.2 Å². The second kappa shape index (κ2) is 12.9. The number of nitrogens with zero attached hydrogens (tertiary/aromatic N) is 1. The van der Waals surface area contributed by atoms with Crippen LogP contribution in [0.1, 0.15) is 29.8 Å². The van der Waals surface area contributed by atoms with E-state index in [1.54, 1.807) is 19.2 Å². The van der Waals surface area contributed by atoms with Crippen LogP contribution in [0.5, 0.6) is 11.5 Å². The zero-order valence-corrected chi connectivity index (χ0v) is 19.3. The normalized spacial score (nSPS) is 11.8. The number of nitrogens with two attached hydrogens (primary N) is 1. The van der Waals surface area contributed by atoms with Gasteiger partial charge in [0.15, 0.2) is 5.96 Å². The standard InChI is InChI=1S/C21H28N4O3.HI/c1-4-23-21(25-14-16-8-10-17(11-9-16)20(22)26)24-13-15(2)28-19-7-5-6-18(12-19)27-3;/h5-12,15H,4,13-14H2,1-3H3,(H2,22,26)(H2,23,24,25);1H. The van der Waals surface area contributed by atoms with Crippen LogP contribution in [0.4, 0.5) is 0 Å². The molecule has 2 rings (SSSR count). The highest BCUT2D eigenvalue weighted by Gasteiger charge is 2.07. The van der Waals surface area contributed by atoms with Crippen LogP contribution in [0.25, 0.3) is 0 Å². The summed E-state index contributed by atoms with van der Waals surface area (Å²) >= 11 is 0. The van der Waals surface area contributed by atoms with Crippen molar-refractivity contribution in [1.29, 1.82) is 0 Å². The summed E-state index contributed by atoms with van der Waals surface area (Å²) in [4.78, 5) is 15.7. The van der Waals surface area contributed by atoms with Gasteiger partial charge in [0.05, 0.1) is 20.2 Å². The van der Waals surface area contributed by atoms with Gasteiger partial charge in [0.25, 0.3) is 0 Å². The highest BCUT2D eigenvalue weighted by Crippen LogP contribution is 2.19. The Labute approximate surface area is 189 Å². The molecular formula is C21H29IN4O3. The molecule has 1 atom stereocenters. The molecule has 0 radical (unpaired) electrons. The second-order valence-electron chi connectivity index (χ2n) is 6.24. The van der Waals surface area contributed by atoms with Gasteiger partial charge in [-0.3, -0.25) is 4.79 Å². The van der Waals surface area contributed by atoms with E-state index in [1.807, 2.05) is 50.2 Å². The fraction of sp³-hybridized carbons (Fsp3) is 0.333. The van der Waals surface area contributed by atoms with E-state index in [9.17, 15) is 4.79 Å². The molecule has 29 heavy (non-hydrogen) atoms. The zero-order chi connectivity index (χ0) is 20.4. The Morgan fingerprint density at radius 3 is 2.45 bits per heavy atom. The molecule has 7 nitrogen and oxygen atoms in total. The van der Waals surface area contributed by atoms with E-state index in [2.05, 4.69) is 15.6 Å². The minimum atomic E-state index is -0.435. The summed E-state index contributed by atoms with van der Waals surface area (Å²) in [5, 5.41) is 6.49. The highest BCUT2D eigenvalue weighted by atomic mass is 127. The Balaban J connectivity index is 0.00000420. The van der Waals surface area contributed by atoms with Crippen molar-refractivity contribution >= 4 is 35.8 Å². The summed E-state index contributed by atoms with van der Waals surface area (Å²) in [5.41, 5.74) is 6.74. The van der Waals surface area contributed by atoms with E-state index in [0.29, 0.717) is 24.6 Å². The smallest absolute Gasteiger partial charge is 0.248 e. The van der Waals surface area contributed by atoms with Crippen LogP contribution >= 0.6 is 24.0 Å². The molecule has 1 amide bonds. The summed E-state index contributed by atoms with van der Waals surface area (Å²) in [6, 6.07) is 14.6. The lowest BCUT2D eigenvalue weighted by atomic mass is 10.1. The monoisotopic (exact) mass is 512 g/mol. The van der Waals surface area contributed by atoms with E-state index in [0.717, 1.165) is 23.6 Å². The molecule has 0 aliphatic carbocycles. The fourth-order valence-corrected chi connectivity index (χ4v) is 2.48. The number of guanidine groups is 1. The Bertz CT molecular complexity index is 797. The lowest BCUT2D eigenvalue weighted by Gasteiger charge is -2.18. The Morgan fingerprint density at radius 1 is 1.14 bits per heavy atom. The first kappa shape index (κ1) is 24.5. The molecule has 0 fully saturated rings. The summed E-state index contributed by atoms with van der Waals surface area (Å²) in [6.45, 7) is 5.81. The molecular weight excluding hydrogens is 483 g/mol. The molecule has 0 saturated heterocycles. The average molecular weight is 512 g/mol. The maximum absolute atomic E-state index is 11.1. The van der Waals surface area contributed by atoms with Crippen molar-refractivity contribution in [2.45, 2.75) is 26.5 Å². The second-order valence-corrected chi connectivity index (χ2v) is 6.24. The SMILES string of the molecule is CCNC(=NCc1ccc(C(N)=O)cc1)NCC(C)Oc1cccc(OC)c1.I. The molecule has 0 aromatic heterocycles. The van der Waals surface area contributed by atoms with Gasteiger partial charge in [0, 0.05) is 18.2 Å². The fourth-order valence-electron chi connectivity index (χ4n) is 2.48. The minimum Gasteiger partial charge on any atom is -0.497 e. The first-order valence-electron chi connectivity index (χ1n) is 9.23. The first-order valence-corrected chi connectivity index (χ1v) is 9.23. The largest absolute Gasteiger partial charge is 0.497 e. The van der Waals surface area contributed by atoms with Crippen LogP contribution in [0.15, 0.2) is 53.5 Å². The van der Waals surface area contributed by atoms with Crippen molar-refractivity contribution in [3.05, 3.63) is 59.7 Å². The maximum atomic E-state index is 11.1. The lowest BCUT2D eigenvalue weighted by molar-refractivity contribution is 0.100. The first-order chi connectivity index (χ1) is 13.5. The molecule has 0 heterocycles. The zero-order valence-electron chi connectivity index (χ0n) is 17.0. The quantitative estimate of drug-likeness (QED) is 0.273. The van der Waals surface area contributed by atoms with Gasteiger partial charge in [0.1, 0.15) is 17.6 Å². The van der Waals surface area contributed by atoms with Crippen LogP contribution in [0.3, 0.4) is 0 Å². The molecule has 0 bridgehead atoms. The molecule has 0 aliphatic heterocycles. The predicted octanol–water partition coefficient (Wildman–Crippen LogP) is 2.93. The van der Waals surface area contributed by atoms with Crippen LogP contribution < -0.4 is 25.8 Å². The average Bonchev–Trinajstić information content (AvgIpc) is 2.70. The number of rotatable bonds is 9. The number of methoxy groups -OCH3 is 1. The number of hydrogen-bond acceptors (Lipinski definition) is 4. The Kier molecular flexibility index (Phi) is 10.9. The van der Waals surface area contributed by atoms with Gasteiger partial charge in [0.2, 0.25) is 5.91 Å². The van der Waals surface area contributed by atoms with E-state index in [-0.39, 0.29) is 30.1 Å². The van der Waals surface area contributed by atoms with Crippen molar-refractivity contribution in [1.82, 2.24) is 10.6 Å². The van der Waals surface area contributed by atoms with E-state index in [4.69, 9.17) is 15.2 Å². The van der Waals surface area contributed by atoms with Crippen LogP contribution in [0, 0.1) is 0 Å². The number of halogens is 1. The third-order valence-electron chi connectivity index (χ3n) is 3.94. The number of ether oxygens (including phenoxy) is 2. The number of carbonyl (C=O) groups excluding carboxylic acids is 1. The number of benzene rings is 2. The molecule has 0 saturated carbocycles. The van der Waals surface area contributed by atoms with Gasteiger partial charge in [-0.25, -0.2) is 4.99 Å². The highest BCUT2D eigenvalue weighted by molar-refractivity contribution is 14.0. The van der Waals surface area contributed by atoms with Gasteiger partial charge >= 0.3 is 0 Å². The lowest BCUT2D eigenvalue weighted by Crippen LogP contribution is -2.41. The Hall–Kier alpha value is -2.49. The summed E-state index contributed by atoms with van der Waals surface area (Å²) in [6.07, 6.45) is -0.0641. The third-order valence-corrected chi connectivity index (χ3v) is 3.94. The van der Waals surface area contributed by atoms with Crippen molar-refractivity contribution in [2.75, 3.05) is 20.2 Å². The van der Waals surface area contributed by atoms with Crippen molar-refractivity contribution in [3.63, 3.8) is 0 Å². The third kappa shape index (κ3) is 8.59. The molecule has 158 valence electrons. The molecule has 0 aliphatic rings. The van der Waals surface area contributed by atoms with Gasteiger partial charge < -0.3 is 25.8 Å². The minimum absolute atomic E-state index is 0. The van der Waals surface area contributed by atoms with E-state index < -0.39 is 5.91 Å². The van der Waals surface area contributed by atoms with E-state index in [1.165, 1.54) is 0 Å². The van der Waals surface area contributed by atoms with Crippen LogP contribution in [-0.4, -0.2) is 38.2 Å². The van der Waals surface area contributed by atoms with Gasteiger partial charge in [-0.15, -0.1) is 24.0 Å². The number of aliphatic imine (C=N–C) groups is 1. The van der Waals surface area contributed by atoms with Crippen LogP contribution in [-0.2, 0) is 6.54 Å². The number of carbonyl (C=O) groups is 1. The number of amides is 1. The van der Waals surface area contributed by atoms with E-state index >= 15 is 0 Å². The van der Waals surface area contributed by atoms with Crippen molar-refractivity contribution in [3.8, 4) is 11.5 Å². The molecule has 8 heteroatoms. The van der Waals surface area contributed by atoms with Gasteiger partial charge in [-0.05, 0) is 43.7 Å². The maximum Gasteiger partial charge on any atom is 0.248 e. The Morgan fingerprint density at radius 2 is 1.83 bits per heavy atom. The molecule has 2 aromatic carbocycles. The number of primary amides is 1. The summed E-state index contributed by atoms with van der Waals surface area (Å²) < 4.78 is 11.1. The van der Waals surface area contributed by atoms with Crippen LogP contribution in [0.2, 0.25) is 0 Å². The number of hydrogen-bond donors (Lipinski definition) is 3. The van der Waals surface area contributed by atoms with Crippen molar-refractivity contribution < 1.29 is 14.3 Å². The predicted molar refractivity (Wildman–Crippen MR) is 126 cm³/mol. The van der Waals surface area contributed by atoms with Gasteiger partial charge in [-0.2, -0.15) is 0 Å². The topological polar surface area (TPSA) is 98.0 Å². The van der Waals surface area contributed by atoms with Crippen molar-refractivity contribution in [2.24, 2.45) is 10.7 Å². The molecule has 4 N–H and O–H groups in total. The summed E-state index contributed by atoms with van der Waals surface area (Å²) in [7, 11) is 1.63. The number of nitrogens with one attached hydrogen (secondary N) is 2. The molecule has 1 unspecified atom stereocenters. The summed E-state index contributed by atoms with van der Waals surface area (Å²) in [5.74, 6) is 1.78. The molecule has 2 aromatic rings.